The average molecular weight is 393 g/mol. The first kappa shape index (κ1) is 19.9. The fourth-order valence-corrected chi connectivity index (χ4v) is 12.6. The van der Waals surface area contributed by atoms with Gasteiger partial charge in [-0.05, 0) is 104 Å². The largest absolute Gasteiger partial charge is 0.404 e. The second-order valence-corrected chi connectivity index (χ2v) is 13.7. The normalized spacial score (nSPS) is 25.1. The molecular weight excluding hydrogens is 356 g/mol. The van der Waals surface area contributed by atoms with Crippen LogP contribution in [0.15, 0.2) is 24.3 Å². The molecule has 1 aliphatic heterocycles. The molecule has 0 spiro atoms. The topological polar surface area (TPSA) is 9.23 Å². The lowest BCUT2D eigenvalue weighted by atomic mass is 9.88. The number of hydrogen-bond donors (Lipinski definition) is 0. The Morgan fingerprint density at radius 1 is 0.786 bits per heavy atom. The van der Waals surface area contributed by atoms with E-state index in [0.717, 1.165) is 0 Å². The Hall–Kier alpha value is -1.38. The SMILES string of the molecule is Cc1cc(C)c([Si]2(c3c(C)cc(C)cc3C)CC3CCC(C)(C)C3O2)c(C)c1. The van der Waals surface area contributed by atoms with Gasteiger partial charge in [0.05, 0.1) is 6.10 Å². The summed E-state index contributed by atoms with van der Waals surface area (Å²) in [5.74, 6) is 0.710. The molecule has 0 amide bonds. The summed E-state index contributed by atoms with van der Waals surface area (Å²) in [5.41, 5.74) is 8.74. The molecule has 28 heavy (non-hydrogen) atoms. The fraction of sp³-hybridized carbons (Fsp3) is 0.538. The van der Waals surface area contributed by atoms with Crippen LogP contribution in [0.25, 0.3) is 0 Å². The van der Waals surface area contributed by atoms with Gasteiger partial charge in [-0.2, -0.15) is 0 Å². The van der Waals surface area contributed by atoms with Gasteiger partial charge in [-0.25, -0.2) is 0 Å². The quantitative estimate of drug-likeness (QED) is 0.619. The average Bonchev–Trinajstić information content (AvgIpc) is 3.03. The van der Waals surface area contributed by atoms with Crippen LogP contribution >= 0.6 is 0 Å². The highest BCUT2D eigenvalue weighted by molar-refractivity contribution is 6.99. The Labute approximate surface area is 172 Å². The molecule has 4 rings (SSSR count). The van der Waals surface area contributed by atoms with Crippen molar-refractivity contribution < 1.29 is 4.43 Å². The third-order valence-electron chi connectivity index (χ3n) is 7.40. The van der Waals surface area contributed by atoms with Crippen molar-refractivity contribution in [3.63, 3.8) is 0 Å². The maximum atomic E-state index is 7.40. The van der Waals surface area contributed by atoms with Crippen molar-refractivity contribution in [1.82, 2.24) is 0 Å². The summed E-state index contributed by atoms with van der Waals surface area (Å²) in [6, 6.07) is 10.7. The van der Waals surface area contributed by atoms with Crippen LogP contribution in [0.3, 0.4) is 0 Å². The lowest BCUT2D eigenvalue weighted by Crippen LogP contribution is -2.62. The van der Waals surface area contributed by atoms with Gasteiger partial charge in [-0.15, -0.1) is 0 Å². The van der Waals surface area contributed by atoms with Crippen molar-refractivity contribution in [2.75, 3.05) is 0 Å². The van der Waals surface area contributed by atoms with Crippen molar-refractivity contribution in [2.45, 2.75) is 80.4 Å². The van der Waals surface area contributed by atoms with Gasteiger partial charge in [-0.1, -0.05) is 49.2 Å². The molecule has 2 heteroatoms. The van der Waals surface area contributed by atoms with E-state index < -0.39 is 8.32 Å². The van der Waals surface area contributed by atoms with Gasteiger partial charge in [-0.3, -0.25) is 0 Å². The summed E-state index contributed by atoms with van der Waals surface area (Å²) in [4.78, 5) is 0. The fourth-order valence-electron chi connectivity index (χ4n) is 6.67. The van der Waals surface area contributed by atoms with Crippen molar-refractivity contribution in [3.05, 3.63) is 57.6 Å². The van der Waals surface area contributed by atoms with Gasteiger partial charge in [0.15, 0.2) is 0 Å². The zero-order valence-corrected chi connectivity index (χ0v) is 20.0. The first-order valence-corrected chi connectivity index (χ1v) is 13.0. The molecule has 0 radical (unpaired) electrons. The first-order chi connectivity index (χ1) is 13.0. The molecular formula is C26H36OSi. The van der Waals surface area contributed by atoms with E-state index in [1.807, 2.05) is 0 Å². The maximum Gasteiger partial charge on any atom is 0.257 e. The maximum absolute atomic E-state index is 7.40. The van der Waals surface area contributed by atoms with Crippen molar-refractivity contribution in [1.29, 1.82) is 0 Å². The molecule has 0 bridgehead atoms. The molecule has 0 aromatic heterocycles. The highest BCUT2D eigenvalue weighted by Crippen LogP contribution is 2.52. The summed E-state index contributed by atoms with van der Waals surface area (Å²) in [6.07, 6.45) is 3.02. The van der Waals surface area contributed by atoms with Crippen LogP contribution in [-0.2, 0) is 4.43 Å². The van der Waals surface area contributed by atoms with Gasteiger partial charge in [0.2, 0.25) is 0 Å². The third kappa shape index (κ3) is 2.92. The van der Waals surface area contributed by atoms with E-state index in [0.29, 0.717) is 17.4 Å². The standard InChI is InChI=1S/C26H36OSi/c1-16-11-18(3)23(19(4)12-16)28(24-20(5)13-17(2)14-21(24)6)15-22-9-10-26(7,8)25(22)27-28/h11-14,22,25H,9-10,15H2,1-8H3. The molecule has 2 aromatic rings. The van der Waals surface area contributed by atoms with E-state index in [2.05, 4.69) is 79.7 Å². The predicted octanol–water partition coefficient (Wildman–Crippen LogP) is 5.43. The first-order valence-electron chi connectivity index (χ1n) is 10.9. The minimum atomic E-state index is -2.29. The van der Waals surface area contributed by atoms with Crippen LogP contribution in [0.2, 0.25) is 6.04 Å². The monoisotopic (exact) mass is 392 g/mol. The van der Waals surface area contributed by atoms with Crippen LogP contribution in [0.1, 0.15) is 60.1 Å². The summed E-state index contributed by atoms with van der Waals surface area (Å²) >= 11 is 0. The highest BCUT2D eigenvalue weighted by Gasteiger charge is 2.59. The van der Waals surface area contributed by atoms with Crippen LogP contribution < -0.4 is 10.4 Å². The lowest BCUT2D eigenvalue weighted by Gasteiger charge is -2.37. The minimum Gasteiger partial charge on any atom is -0.404 e. The lowest BCUT2D eigenvalue weighted by molar-refractivity contribution is 0.0983. The van der Waals surface area contributed by atoms with E-state index in [1.54, 1.807) is 10.4 Å². The van der Waals surface area contributed by atoms with E-state index in [-0.39, 0.29) is 0 Å². The van der Waals surface area contributed by atoms with E-state index in [9.17, 15) is 0 Å². The van der Waals surface area contributed by atoms with Gasteiger partial charge in [0.25, 0.3) is 8.32 Å². The van der Waals surface area contributed by atoms with Gasteiger partial charge in [0, 0.05) is 0 Å². The third-order valence-corrected chi connectivity index (χ3v) is 12.3. The second kappa shape index (κ2) is 6.57. The van der Waals surface area contributed by atoms with Crippen molar-refractivity contribution >= 4 is 18.7 Å². The van der Waals surface area contributed by atoms with Gasteiger partial charge < -0.3 is 4.43 Å². The summed E-state index contributed by atoms with van der Waals surface area (Å²) in [5, 5.41) is 3.11. The molecule has 2 aromatic carbocycles. The van der Waals surface area contributed by atoms with Crippen molar-refractivity contribution in [2.24, 2.45) is 11.3 Å². The Kier molecular flexibility index (Phi) is 4.67. The van der Waals surface area contributed by atoms with Crippen LogP contribution in [0, 0.1) is 52.9 Å². The number of aryl methyl sites for hydroxylation is 6. The predicted molar refractivity (Wildman–Crippen MR) is 123 cm³/mol. The Morgan fingerprint density at radius 3 is 1.61 bits per heavy atom. The smallest absolute Gasteiger partial charge is 0.257 e. The second-order valence-electron chi connectivity index (χ2n) is 10.4. The number of benzene rings is 2. The van der Waals surface area contributed by atoms with Crippen LogP contribution in [0.4, 0.5) is 0 Å². The minimum absolute atomic E-state index is 0.290. The van der Waals surface area contributed by atoms with Gasteiger partial charge in [0.1, 0.15) is 0 Å². The molecule has 2 aliphatic rings. The number of fused-ring (bicyclic) bond motifs is 1. The summed E-state index contributed by atoms with van der Waals surface area (Å²) < 4.78 is 7.40. The zero-order valence-electron chi connectivity index (χ0n) is 19.0. The molecule has 1 nitrogen and oxygen atoms in total. The van der Waals surface area contributed by atoms with E-state index in [1.165, 1.54) is 52.3 Å². The summed E-state index contributed by atoms with van der Waals surface area (Å²) in [6.45, 7) is 18.5. The summed E-state index contributed by atoms with van der Waals surface area (Å²) in [7, 11) is -2.29. The highest BCUT2D eigenvalue weighted by atomic mass is 28.4. The molecule has 1 aliphatic carbocycles. The zero-order chi connectivity index (χ0) is 20.4. The molecule has 150 valence electrons. The molecule has 1 saturated heterocycles. The molecule has 0 N–H and O–H groups in total. The Morgan fingerprint density at radius 2 is 1.21 bits per heavy atom. The van der Waals surface area contributed by atoms with Crippen molar-refractivity contribution in [3.8, 4) is 0 Å². The van der Waals surface area contributed by atoms with E-state index >= 15 is 0 Å². The molecule has 1 saturated carbocycles. The molecule has 2 atom stereocenters. The number of rotatable bonds is 2. The Balaban J connectivity index is 2.00. The van der Waals surface area contributed by atoms with Gasteiger partial charge >= 0.3 is 0 Å². The molecule has 2 fully saturated rings. The Bertz CT molecular complexity index is 836. The van der Waals surface area contributed by atoms with Crippen LogP contribution in [0.5, 0.6) is 0 Å². The van der Waals surface area contributed by atoms with E-state index in [4.69, 9.17) is 4.43 Å². The van der Waals surface area contributed by atoms with Crippen LogP contribution in [-0.4, -0.2) is 14.4 Å². The molecule has 1 heterocycles. The molecule has 2 unspecified atom stereocenters. The number of hydrogen-bond acceptors (Lipinski definition) is 1.